The number of anilines is 1. The zero-order chi connectivity index (χ0) is 25.3. The van der Waals surface area contributed by atoms with Gasteiger partial charge in [0.25, 0.3) is 0 Å². The van der Waals surface area contributed by atoms with E-state index in [9.17, 15) is 22.8 Å². The third-order valence-corrected chi connectivity index (χ3v) is 6.35. The number of amides is 3. The van der Waals surface area contributed by atoms with Crippen molar-refractivity contribution >= 4 is 28.5 Å². The predicted molar refractivity (Wildman–Crippen MR) is 130 cm³/mol. The van der Waals surface area contributed by atoms with E-state index in [1.807, 2.05) is 48.5 Å². The van der Waals surface area contributed by atoms with E-state index in [4.69, 9.17) is 0 Å². The van der Waals surface area contributed by atoms with Gasteiger partial charge in [0.15, 0.2) is 0 Å². The lowest BCUT2D eigenvalue weighted by Gasteiger charge is -2.36. The van der Waals surface area contributed by atoms with Crippen molar-refractivity contribution in [2.45, 2.75) is 18.6 Å². The molecule has 1 atom stereocenters. The molecule has 0 saturated heterocycles. The standard InChI is InChI=1S/C27H23F3N4O2/c28-27(29,30)20-11-5-7-13-22(20)33-26(36)31-16-23(35)34-15-14-19-18-10-4-6-12-21(18)32-24(19)25(34)17-8-2-1-3-9-17/h1-13,25,32H,14-16H2,(H2,31,33,36). The lowest BCUT2D eigenvalue weighted by molar-refractivity contribution is -0.137. The summed E-state index contributed by atoms with van der Waals surface area (Å²) in [5.74, 6) is -0.340. The second kappa shape index (κ2) is 9.41. The number of aromatic nitrogens is 1. The van der Waals surface area contributed by atoms with Crippen LogP contribution in [-0.4, -0.2) is 34.9 Å². The Hall–Kier alpha value is -4.27. The summed E-state index contributed by atoms with van der Waals surface area (Å²) in [6.07, 6.45) is -3.98. The van der Waals surface area contributed by atoms with Gasteiger partial charge in [-0.15, -0.1) is 0 Å². The molecule has 6 nitrogen and oxygen atoms in total. The van der Waals surface area contributed by atoms with Gasteiger partial charge in [0.2, 0.25) is 5.91 Å². The molecule has 1 aliphatic heterocycles. The Kier molecular flexibility index (Phi) is 6.13. The fourth-order valence-corrected chi connectivity index (χ4v) is 4.75. The van der Waals surface area contributed by atoms with Crippen molar-refractivity contribution in [2.24, 2.45) is 0 Å². The van der Waals surface area contributed by atoms with Gasteiger partial charge in [-0.3, -0.25) is 4.79 Å². The number of halogens is 3. The number of rotatable bonds is 4. The third-order valence-electron chi connectivity index (χ3n) is 6.35. The molecule has 1 aromatic heterocycles. The highest BCUT2D eigenvalue weighted by Gasteiger charge is 2.35. The van der Waals surface area contributed by atoms with Crippen LogP contribution >= 0.6 is 0 Å². The van der Waals surface area contributed by atoms with Crippen LogP contribution in [0.1, 0.15) is 28.4 Å². The summed E-state index contributed by atoms with van der Waals surface area (Å²) in [6.45, 7) is 0.0758. The molecule has 4 aromatic rings. The molecule has 1 unspecified atom stereocenters. The topological polar surface area (TPSA) is 77.2 Å². The van der Waals surface area contributed by atoms with Crippen LogP contribution in [0.5, 0.6) is 0 Å². The molecule has 0 radical (unpaired) electrons. The van der Waals surface area contributed by atoms with Gasteiger partial charge < -0.3 is 20.5 Å². The monoisotopic (exact) mass is 492 g/mol. The van der Waals surface area contributed by atoms with Crippen LogP contribution in [0, 0.1) is 0 Å². The fourth-order valence-electron chi connectivity index (χ4n) is 4.75. The summed E-state index contributed by atoms with van der Waals surface area (Å²) < 4.78 is 39.7. The Morgan fingerprint density at radius 3 is 2.42 bits per heavy atom. The minimum Gasteiger partial charge on any atom is -0.356 e. The molecule has 3 aromatic carbocycles. The number of carbonyl (C=O) groups excluding carboxylic acids is 2. The first kappa shape index (κ1) is 23.5. The van der Waals surface area contributed by atoms with Crippen LogP contribution in [0.25, 0.3) is 10.9 Å². The number of para-hydroxylation sites is 2. The van der Waals surface area contributed by atoms with Crippen molar-refractivity contribution in [3.8, 4) is 0 Å². The predicted octanol–water partition coefficient (Wildman–Crippen LogP) is 5.48. The van der Waals surface area contributed by atoms with Crippen molar-refractivity contribution in [3.63, 3.8) is 0 Å². The minimum absolute atomic E-state index is 0.340. The molecular weight excluding hydrogens is 469 g/mol. The van der Waals surface area contributed by atoms with Gasteiger partial charge in [0, 0.05) is 23.1 Å². The average molecular weight is 493 g/mol. The van der Waals surface area contributed by atoms with Crippen LogP contribution in [-0.2, 0) is 17.4 Å². The maximum Gasteiger partial charge on any atom is 0.418 e. The first-order chi connectivity index (χ1) is 17.3. The number of H-pyrrole nitrogens is 1. The average Bonchev–Trinajstić information content (AvgIpc) is 3.25. The maximum absolute atomic E-state index is 13.3. The van der Waals surface area contributed by atoms with Gasteiger partial charge in [0.1, 0.15) is 0 Å². The number of carbonyl (C=O) groups is 2. The molecule has 0 bridgehead atoms. The van der Waals surface area contributed by atoms with Gasteiger partial charge in [-0.2, -0.15) is 13.2 Å². The lowest BCUT2D eigenvalue weighted by Crippen LogP contribution is -2.46. The number of hydrogen-bond acceptors (Lipinski definition) is 2. The molecule has 3 N–H and O–H groups in total. The van der Waals surface area contributed by atoms with Gasteiger partial charge in [-0.1, -0.05) is 60.7 Å². The number of nitrogens with one attached hydrogen (secondary N) is 3. The number of urea groups is 1. The SMILES string of the molecule is O=C(NCC(=O)N1CCc2c([nH]c3ccccc23)C1c1ccccc1)Nc1ccccc1C(F)(F)F. The van der Waals surface area contributed by atoms with Gasteiger partial charge in [-0.05, 0) is 35.7 Å². The first-order valence-electron chi connectivity index (χ1n) is 11.5. The quantitative estimate of drug-likeness (QED) is 0.353. The number of aromatic amines is 1. The Balaban J connectivity index is 1.35. The molecule has 0 saturated carbocycles. The van der Waals surface area contributed by atoms with Crippen molar-refractivity contribution in [1.29, 1.82) is 0 Å². The summed E-state index contributed by atoms with van der Waals surface area (Å²) in [4.78, 5) is 30.8. The molecule has 5 rings (SSSR count). The summed E-state index contributed by atoms with van der Waals surface area (Å²) in [5, 5.41) is 5.73. The van der Waals surface area contributed by atoms with E-state index in [0.717, 1.165) is 39.9 Å². The highest BCUT2D eigenvalue weighted by atomic mass is 19.4. The highest BCUT2D eigenvalue weighted by Crippen LogP contribution is 2.38. The van der Waals surface area contributed by atoms with Crippen molar-refractivity contribution in [3.05, 3.63) is 101 Å². The van der Waals surface area contributed by atoms with Crippen LogP contribution < -0.4 is 10.6 Å². The van der Waals surface area contributed by atoms with Crippen LogP contribution in [0.2, 0.25) is 0 Å². The molecule has 0 aliphatic carbocycles. The van der Waals surface area contributed by atoms with E-state index in [0.29, 0.717) is 13.0 Å². The van der Waals surface area contributed by atoms with Crippen LogP contribution in [0.3, 0.4) is 0 Å². The van der Waals surface area contributed by atoms with Gasteiger partial charge >= 0.3 is 12.2 Å². The first-order valence-corrected chi connectivity index (χ1v) is 11.5. The molecular formula is C27H23F3N4O2. The lowest BCUT2D eigenvalue weighted by atomic mass is 9.92. The molecule has 2 heterocycles. The number of hydrogen-bond donors (Lipinski definition) is 3. The molecule has 9 heteroatoms. The van der Waals surface area contributed by atoms with Crippen LogP contribution in [0.4, 0.5) is 23.7 Å². The fraction of sp³-hybridized carbons (Fsp3) is 0.185. The summed E-state index contributed by atoms with van der Waals surface area (Å²) in [7, 11) is 0. The summed E-state index contributed by atoms with van der Waals surface area (Å²) in [5.41, 5.74) is 2.64. The van der Waals surface area contributed by atoms with E-state index in [2.05, 4.69) is 21.7 Å². The van der Waals surface area contributed by atoms with E-state index in [1.54, 1.807) is 4.90 Å². The second-order valence-corrected chi connectivity index (χ2v) is 8.56. The smallest absolute Gasteiger partial charge is 0.356 e. The van der Waals surface area contributed by atoms with Gasteiger partial charge in [0.05, 0.1) is 23.8 Å². The zero-order valence-corrected chi connectivity index (χ0v) is 19.1. The molecule has 0 fully saturated rings. The number of benzene rings is 3. The molecule has 3 amide bonds. The zero-order valence-electron chi connectivity index (χ0n) is 19.1. The van der Waals surface area contributed by atoms with Crippen molar-refractivity contribution in [2.75, 3.05) is 18.4 Å². The Morgan fingerprint density at radius 2 is 1.64 bits per heavy atom. The van der Waals surface area contributed by atoms with E-state index >= 15 is 0 Å². The molecule has 36 heavy (non-hydrogen) atoms. The molecule has 1 aliphatic rings. The van der Waals surface area contributed by atoms with Gasteiger partial charge in [-0.25, -0.2) is 4.79 Å². The van der Waals surface area contributed by atoms with E-state index in [-0.39, 0.29) is 24.2 Å². The normalized spacial score (nSPS) is 15.4. The van der Waals surface area contributed by atoms with Crippen LogP contribution in [0.15, 0.2) is 78.9 Å². The largest absolute Gasteiger partial charge is 0.418 e. The Morgan fingerprint density at radius 1 is 0.944 bits per heavy atom. The number of nitrogens with zero attached hydrogens (tertiary/aromatic N) is 1. The van der Waals surface area contributed by atoms with E-state index in [1.165, 1.54) is 12.1 Å². The minimum atomic E-state index is -4.62. The molecule has 184 valence electrons. The second-order valence-electron chi connectivity index (χ2n) is 8.56. The summed E-state index contributed by atoms with van der Waals surface area (Å²) >= 11 is 0. The highest BCUT2D eigenvalue weighted by molar-refractivity contribution is 5.93. The molecule has 0 spiro atoms. The van der Waals surface area contributed by atoms with Crippen molar-refractivity contribution < 1.29 is 22.8 Å². The summed E-state index contributed by atoms with van der Waals surface area (Å²) in [6, 6.07) is 21.0. The van der Waals surface area contributed by atoms with E-state index < -0.39 is 17.8 Å². The third kappa shape index (κ3) is 4.51. The number of alkyl halides is 3. The van der Waals surface area contributed by atoms with Crippen molar-refractivity contribution in [1.82, 2.24) is 15.2 Å². The Labute approximate surface area is 205 Å². The number of fused-ring (bicyclic) bond motifs is 3. The maximum atomic E-state index is 13.3. The Bertz CT molecular complexity index is 1420.